The summed E-state index contributed by atoms with van der Waals surface area (Å²) in [7, 11) is 0. The van der Waals surface area contributed by atoms with Crippen LogP contribution in [0.1, 0.15) is 26.2 Å². The number of aliphatic hydroxyl groups is 1. The first-order chi connectivity index (χ1) is 10.4. The maximum absolute atomic E-state index is 12.0. The molecule has 120 valence electrons. The first-order valence-electron chi connectivity index (χ1n) is 7.03. The van der Waals surface area contributed by atoms with Gasteiger partial charge in [0.15, 0.2) is 0 Å². The van der Waals surface area contributed by atoms with Gasteiger partial charge in [-0.15, -0.1) is 0 Å². The monoisotopic (exact) mass is 344 g/mol. The molecule has 0 aliphatic heterocycles. The SMILES string of the molecule is CC1(CO)CCCC1NC(=O)C(=O)Nc1ccc(Cl)cc1Cl. The standard InChI is InChI=1S/C15H18Cl2N2O3/c1-15(8-20)6-2-3-12(15)19-14(22)13(21)18-11-5-4-9(16)7-10(11)17/h4-5,7,12,20H,2-3,6,8H2,1H3,(H,18,21)(H,19,22). The Bertz CT molecular complexity index is 594. The fourth-order valence-corrected chi connectivity index (χ4v) is 3.12. The van der Waals surface area contributed by atoms with Crippen LogP contribution in [0.4, 0.5) is 5.69 Å². The molecule has 0 radical (unpaired) electrons. The number of anilines is 1. The minimum atomic E-state index is -0.795. The lowest BCUT2D eigenvalue weighted by atomic mass is 9.86. The van der Waals surface area contributed by atoms with Crippen molar-refractivity contribution in [3.8, 4) is 0 Å². The molecular weight excluding hydrogens is 327 g/mol. The Kier molecular flexibility index (Phi) is 5.32. The molecule has 5 nitrogen and oxygen atoms in total. The van der Waals surface area contributed by atoms with E-state index in [0.717, 1.165) is 19.3 Å². The molecule has 2 unspecified atom stereocenters. The lowest BCUT2D eigenvalue weighted by Crippen LogP contribution is -2.48. The van der Waals surface area contributed by atoms with Gasteiger partial charge in [-0.2, -0.15) is 0 Å². The third-order valence-corrected chi connectivity index (χ3v) is 4.68. The summed E-state index contributed by atoms with van der Waals surface area (Å²) in [5.41, 5.74) is -0.0593. The quantitative estimate of drug-likeness (QED) is 0.737. The maximum atomic E-state index is 12.0. The Balaban J connectivity index is 1.99. The number of carbonyl (C=O) groups is 2. The van der Waals surface area contributed by atoms with Crippen LogP contribution in [0.25, 0.3) is 0 Å². The molecular formula is C15H18Cl2N2O3. The average molecular weight is 345 g/mol. The van der Waals surface area contributed by atoms with Crippen molar-refractivity contribution in [2.75, 3.05) is 11.9 Å². The van der Waals surface area contributed by atoms with Crippen molar-refractivity contribution >= 4 is 40.7 Å². The second-order valence-corrected chi connectivity index (χ2v) is 6.65. The van der Waals surface area contributed by atoms with E-state index in [-0.39, 0.29) is 23.1 Å². The molecule has 1 aromatic carbocycles. The number of benzene rings is 1. The van der Waals surface area contributed by atoms with Gasteiger partial charge in [-0.05, 0) is 31.0 Å². The summed E-state index contributed by atoms with van der Waals surface area (Å²) >= 11 is 11.7. The summed E-state index contributed by atoms with van der Waals surface area (Å²) in [4.78, 5) is 24.0. The zero-order valence-corrected chi connectivity index (χ0v) is 13.7. The molecule has 2 atom stereocenters. The van der Waals surface area contributed by atoms with E-state index in [1.165, 1.54) is 12.1 Å². The van der Waals surface area contributed by atoms with E-state index in [4.69, 9.17) is 23.2 Å². The third kappa shape index (κ3) is 3.72. The van der Waals surface area contributed by atoms with Crippen LogP contribution < -0.4 is 10.6 Å². The number of hydrogen-bond acceptors (Lipinski definition) is 3. The van der Waals surface area contributed by atoms with Gasteiger partial charge in [0.25, 0.3) is 0 Å². The van der Waals surface area contributed by atoms with Crippen LogP contribution in [0.3, 0.4) is 0 Å². The Labute approximate surface area is 139 Å². The highest BCUT2D eigenvalue weighted by Crippen LogP contribution is 2.37. The highest BCUT2D eigenvalue weighted by molar-refractivity contribution is 6.42. The fourth-order valence-electron chi connectivity index (χ4n) is 2.66. The maximum Gasteiger partial charge on any atom is 0.313 e. The molecule has 0 bridgehead atoms. The third-order valence-electron chi connectivity index (χ3n) is 4.13. The molecule has 22 heavy (non-hydrogen) atoms. The van der Waals surface area contributed by atoms with Crippen LogP contribution in [0.15, 0.2) is 18.2 Å². The van der Waals surface area contributed by atoms with Crippen molar-refractivity contribution < 1.29 is 14.7 Å². The first kappa shape index (κ1) is 17.1. The highest BCUT2D eigenvalue weighted by atomic mass is 35.5. The Morgan fingerprint density at radius 3 is 2.73 bits per heavy atom. The molecule has 1 aliphatic carbocycles. The molecule has 1 saturated carbocycles. The van der Waals surface area contributed by atoms with Crippen LogP contribution in [0, 0.1) is 5.41 Å². The summed E-state index contributed by atoms with van der Waals surface area (Å²) in [6.45, 7) is 1.88. The summed E-state index contributed by atoms with van der Waals surface area (Å²) in [6, 6.07) is 4.37. The summed E-state index contributed by atoms with van der Waals surface area (Å²) in [5.74, 6) is -1.53. The molecule has 0 aromatic heterocycles. The largest absolute Gasteiger partial charge is 0.396 e. The molecule has 0 heterocycles. The second kappa shape index (κ2) is 6.86. The van der Waals surface area contributed by atoms with E-state index in [1.807, 2.05) is 6.92 Å². The highest BCUT2D eigenvalue weighted by Gasteiger charge is 2.39. The molecule has 0 spiro atoms. The van der Waals surface area contributed by atoms with Gasteiger partial charge in [-0.1, -0.05) is 36.5 Å². The normalized spacial score (nSPS) is 24.1. The topological polar surface area (TPSA) is 78.4 Å². The number of rotatable bonds is 3. The minimum absolute atomic E-state index is 0.0252. The van der Waals surface area contributed by atoms with E-state index in [9.17, 15) is 14.7 Å². The van der Waals surface area contributed by atoms with E-state index >= 15 is 0 Å². The van der Waals surface area contributed by atoms with Gasteiger partial charge in [0.2, 0.25) is 0 Å². The summed E-state index contributed by atoms with van der Waals surface area (Å²) in [6.07, 6.45) is 2.48. The smallest absolute Gasteiger partial charge is 0.313 e. The molecule has 1 aromatic rings. The van der Waals surface area contributed by atoms with Gasteiger partial charge in [0.1, 0.15) is 0 Å². The van der Waals surface area contributed by atoms with Gasteiger partial charge >= 0.3 is 11.8 Å². The molecule has 1 fully saturated rings. The predicted molar refractivity (Wildman–Crippen MR) is 86.1 cm³/mol. The molecule has 1 aliphatic rings. The number of carbonyl (C=O) groups excluding carboxylic acids is 2. The van der Waals surface area contributed by atoms with Crippen molar-refractivity contribution in [1.29, 1.82) is 0 Å². The van der Waals surface area contributed by atoms with Crippen LogP contribution >= 0.6 is 23.2 Å². The van der Waals surface area contributed by atoms with Gasteiger partial charge < -0.3 is 15.7 Å². The van der Waals surface area contributed by atoms with Gasteiger partial charge in [0, 0.05) is 16.5 Å². The van der Waals surface area contributed by atoms with Crippen LogP contribution in [-0.2, 0) is 9.59 Å². The van der Waals surface area contributed by atoms with Crippen molar-refractivity contribution in [3.63, 3.8) is 0 Å². The molecule has 0 saturated heterocycles. The Morgan fingerprint density at radius 1 is 1.36 bits per heavy atom. The lowest BCUT2D eigenvalue weighted by Gasteiger charge is -2.29. The number of amides is 2. The Morgan fingerprint density at radius 2 is 2.09 bits per heavy atom. The second-order valence-electron chi connectivity index (χ2n) is 5.81. The van der Waals surface area contributed by atoms with Crippen LogP contribution in [-0.4, -0.2) is 29.6 Å². The van der Waals surface area contributed by atoms with Gasteiger partial charge in [-0.3, -0.25) is 9.59 Å². The van der Waals surface area contributed by atoms with Crippen LogP contribution in [0.5, 0.6) is 0 Å². The molecule has 7 heteroatoms. The van der Waals surface area contributed by atoms with Crippen molar-refractivity contribution in [2.24, 2.45) is 5.41 Å². The van der Waals surface area contributed by atoms with Gasteiger partial charge in [0.05, 0.1) is 17.3 Å². The number of hydrogen-bond donors (Lipinski definition) is 3. The Hall–Kier alpha value is -1.30. The summed E-state index contributed by atoms with van der Waals surface area (Å²) < 4.78 is 0. The van der Waals surface area contributed by atoms with Crippen molar-refractivity contribution in [2.45, 2.75) is 32.2 Å². The van der Waals surface area contributed by atoms with Crippen molar-refractivity contribution in [1.82, 2.24) is 5.32 Å². The number of nitrogens with one attached hydrogen (secondary N) is 2. The van der Waals surface area contributed by atoms with E-state index in [0.29, 0.717) is 10.7 Å². The van der Waals surface area contributed by atoms with Gasteiger partial charge in [-0.25, -0.2) is 0 Å². The molecule has 2 rings (SSSR count). The minimum Gasteiger partial charge on any atom is -0.396 e. The average Bonchev–Trinajstić information content (AvgIpc) is 2.83. The van der Waals surface area contributed by atoms with Crippen molar-refractivity contribution in [3.05, 3.63) is 28.2 Å². The van der Waals surface area contributed by atoms with E-state index < -0.39 is 11.8 Å². The van der Waals surface area contributed by atoms with Crippen LogP contribution in [0.2, 0.25) is 10.0 Å². The number of aliphatic hydroxyl groups excluding tert-OH is 1. The zero-order chi connectivity index (χ0) is 16.3. The van der Waals surface area contributed by atoms with E-state index in [1.54, 1.807) is 6.07 Å². The lowest BCUT2D eigenvalue weighted by molar-refractivity contribution is -0.137. The zero-order valence-electron chi connectivity index (χ0n) is 12.2. The summed E-state index contributed by atoms with van der Waals surface area (Å²) in [5, 5.41) is 15.3. The predicted octanol–water partition coefficient (Wildman–Crippen LogP) is 2.60. The first-order valence-corrected chi connectivity index (χ1v) is 7.79. The fraction of sp³-hybridized carbons (Fsp3) is 0.467. The molecule has 2 amide bonds. The van der Waals surface area contributed by atoms with E-state index in [2.05, 4.69) is 10.6 Å². The molecule has 3 N–H and O–H groups in total. The number of halogens is 2.